The summed E-state index contributed by atoms with van der Waals surface area (Å²) in [6.45, 7) is 2.94. The van der Waals surface area contributed by atoms with Gasteiger partial charge in [-0.1, -0.05) is 23.2 Å². The Morgan fingerprint density at radius 3 is 2.35 bits per heavy atom. The van der Waals surface area contributed by atoms with E-state index in [1.807, 2.05) is 0 Å². The van der Waals surface area contributed by atoms with Gasteiger partial charge in [0.15, 0.2) is 0 Å². The van der Waals surface area contributed by atoms with Crippen LogP contribution in [0.25, 0.3) is 0 Å². The van der Waals surface area contributed by atoms with E-state index in [-0.39, 0.29) is 6.04 Å². The van der Waals surface area contributed by atoms with Gasteiger partial charge < -0.3 is 4.90 Å². The fourth-order valence-corrected chi connectivity index (χ4v) is 2.49. The van der Waals surface area contributed by atoms with E-state index in [9.17, 15) is 0 Å². The monoisotopic (exact) mass is 386 g/mol. The van der Waals surface area contributed by atoms with Crippen LogP contribution in [0, 0.1) is 3.57 Å². The SMILES string of the molecule is CN1CCN(C)C(c2nc(Cl)c(I)c(Cl)n2)C1. The molecule has 2 heterocycles. The fourth-order valence-electron chi connectivity index (χ4n) is 1.85. The molecule has 0 radical (unpaired) electrons. The highest BCUT2D eigenvalue weighted by molar-refractivity contribution is 14.1. The van der Waals surface area contributed by atoms with Gasteiger partial charge in [-0.25, -0.2) is 9.97 Å². The van der Waals surface area contributed by atoms with Crippen molar-refractivity contribution in [2.45, 2.75) is 6.04 Å². The van der Waals surface area contributed by atoms with Crippen LogP contribution in [0.15, 0.2) is 0 Å². The van der Waals surface area contributed by atoms with Gasteiger partial charge in [0.25, 0.3) is 0 Å². The lowest BCUT2D eigenvalue weighted by Gasteiger charge is -2.36. The van der Waals surface area contributed by atoms with Crippen molar-refractivity contribution in [3.8, 4) is 0 Å². The number of piperazine rings is 1. The molecule has 0 bridgehead atoms. The van der Waals surface area contributed by atoms with Gasteiger partial charge in [0.2, 0.25) is 0 Å². The number of halogens is 3. The van der Waals surface area contributed by atoms with E-state index < -0.39 is 0 Å². The molecule has 17 heavy (non-hydrogen) atoms. The Hall–Kier alpha value is 0.310. The van der Waals surface area contributed by atoms with Gasteiger partial charge in [-0.15, -0.1) is 0 Å². The van der Waals surface area contributed by atoms with E-state index in [4.69, 9.17) is 23.2 Å². The van der Waals surface area contributed by atoms with Gasteiger partial charge >= 0.3 is 0 Å². The van der Waals surface area contributed by atoms with Crippen molar-refractivity contribution in [1.82, 2.24) is 19.8 Å². The summed E-state index contributed by atoms with van der Waals surface area (Å²) < 4.78 is 0.710. The number of rotatable bonds is 1. The van der Waals surface area contributed by atoms with Crippen LogP contribution in [-0.4, -0.2) is 53.5 Å². The summed E-state index contributed by atoms with van der Waals surface area (Å²) in [5, 5.41) is 0.865. The molecular weight excluding hydrogens is 374 g/mol. The van der Waals surface area contributed by atoms with Crippen LogP contribution in [0.5, 0.6) is 0 Å². The maximum absolute atomic E-state index is 6.05. The minimum Gasteiger partial charge on any atom is -0.303 e. The molecule has 1 aromatic heterocycles. The molecule has 0 amide bonds. The maximum Gasteiger partial charge on any atom is 0.150 e. The first-order valence-electron chi connectivity index (χ1n) is 5.26. The lowest BCUT2D eigenvalue weighted by atomic mass is 10.2. The summed E-state index contributed by atoms with van der Waals surface area (Å²) in [4.78, 5) is 13.2. The molecule has 1 aliphatic rings. The molecular formula is C10H13Cl2IN4. The van der Waals surface area contributed by atoms with Crippen LogP contribution in [0.3, 0.4) is 0 Å². The molecule has 0 aliphatic carbocycles. The molecule has 4 nitrogen and oxygen atoms in total. The summed E-state index contributed by atoms with van der Waals surface area (Å²) in [5.74, 6) is 0.703. The summed E-state index contributed by atoms with van der Waals surface area (Å²) in [6.07, 6.45) is 0. The molecule has 1 saturated heterocycles. The highest BCUT2D eigenvalue weighted by atomic mass is 127. The normalized spacial score (nSPS) is 23.0. The molecule has 1 unspecified atom stereocenters. The minimum absolute atomic E-state index is 0.153. The second kappa shape index (κ2) is 5.52. The maximum atomic E-state index is 6.05. The molecule has 0 aromatic carbocycles. The van der Waals surface area contributed by atoms with Crippen molar-refractivity contribution >= 4 is 45.8 Å². The first-order valence-corrected chi connectivity index (χ1v) is 7.09. The summed E-state index contributed by atoms with van der Waals surface area (Å²) in [5.41, 5.74) is 0. The van der Waals surface area contributed by atoms with Crippen molar-refractivity contribution in [2.24, 2.45) is 0 Å². The molecule has 0 N–H and O–H groups in total. The third kappa shape index (κ3) is 3.01. The van der Waals surface area contributed by atoms with Crippen molar-refractivity contribution in [1.29, 1.82) is 0 Å². The number of nitrogens with zero attached hydrogens (tertiary/aromatic N) is 4. The number of hydrogen-bond donors (Lipinski definition) is 0. The highest BCUT2D eigenvalue weighted by Gasteiger charge is 2.27. The number of hydrogen-bond acceptors (Lipinski definition) is 4. The quantitative estimate of drug-likeness (QED) is 0.547. The van der Waals surface area contributed by atoms with Crippen LogP contribution in [0.1, 0.15) is 11.9 Å². The summed E-state index contributed by atoms with van der Waals surface area (Å²) in [7, 11) is 4.16. The molecule has 7 heteroatoms. The Morgan fingerprint density at radius 1 is 1.18 bits per heavy atom. The smallest absolute Gasteiger partial charge is 0.150 e. The lowest BCUT2D eigenvalue weighted by Crippen LogP contribution is -2.45. The predicted octanol–water partition coefficient (Wildman–Crippen LogP) is 2.31. The van der Waals surface area contributed by atoms with E-state index in [0.717, 1.165) is 19.6 Å². The van der Waals surface area contributed by atoms with E-state index in [2.05, 4.69) is 56.5 Å². The zero-order valence-electron chi connectivity index (χ0n) is 9.62. The van der Waals surface area contributed by atoms with Crippen LogP contribution >= 0.6 is 45.8 Å². The zero-order valence-corrected chi connectivity index (χ0v) is 13.3. The second-order valence-electron chi connectivity index (χ2n) is 4.24. The molecule has 94 valence electrons. The van der Waals surface area contributed by atoms with E-state index in [1.54, 1.807) is 0 Å². The van der Waals surface area contributed by atoms with Crippen molar-refractivity contribution < 1.29 is 0 Å². The van der Waals surface area contributed by atoms with E-state index >= 15 is 0 Å². The molecule has 1 atom stereocenters. The molecule has 1 aliphatic heterocycles. The average Bonchev–Trinajstić information content (AvgIpc) is 2.28. The largest absolute Gasteiger partial charge is 0.303 e. The Balaban J connectivity index is 2.32. The first-order chi connectivity index (χ1) is 7.99. The Bertz CT molecular complexity index is 406. The average molecular weight is 387 g/mol. The van der Waals surface area contributed by atoms with Crippen molar-refractivity contribution in [3.05, 3.63) is 19.7 Å². The lowest BCUT2D eigenvalue weighted by molar-refractivity contribution is 0.109. The summed E-state index contributed by atoms with van der Waals surface area (Å²) in [6, 6.07) is 0.153. The van der Waals surface area contributed by atoms with Gasteiger partial charge in [-0.2, -0.15) is 0 Å². The topological polar surface area (TPSA) is 32.3 Å². The predicted molar refractivity (Wildman–Crippen MR) is 77.6 cm³/mol. The van der Waals surface area contributed by atoms with Gasteiger partial charge in [0.1, 0.15) is 16.1 Å². The standard InChI is InChI=1S/C10H13Cl2IN4/c1-16-3-4-17(2)6(5-16)10-14-8(11)7(13)9(12)15-10/h6H,3-5H2,1-2H3. The second-order valence-corrected chi connectivity index (χ2v) is 6.03. The van der Waals surface area contributed by atoms with Crippen molar-refractivity contribution in [3.63, 3.8) is 0 Å². The van der Waals surface area contributed by atoms with Gasteiger partial charge in [0, 0.05) is 19.6 Å². The third-order valence-corrected chi connectivity index (χ3v) is 5.14. The first kappa shape index (κ1) is 13.7. The molecule has 1 fully saturated rings. The molecule has 1 aromatic rings. The van der Waals surface area contributed by atoms with Crippen LogP contribution in [0.2, 0.25) is 10.3 Å². The zero-order chi connectivity index (χ0) is 12.6. The molecule has 0 spiro atoms. The third-order valence-electron chi connectivity index (χ3n) is 2.94. The number of aromatic nitrogens is 2. The van der Waals surface area contributed by atoms with Gasteiger partial charge in [-0.3, -0.25) is 4.90 Å². The molecule has 0 saturated carbocycles. The Kier molecular flexibility index (Phi) is 4.46. The number of likely N-dealkylation sites (N-methyl/N-ethyl adjacent to an activating group) is 2. The Morgan fingerprint density at radius 2 is 1.76 bits per heavy atom. The van der Waals surface area contributed by atoms with Crippen LogP contribution in [0.4, 0.5) is 0 Å². The Labute approximate surface area is 124 Å². The van der Waals surface area contributed by atoms with Crippen LogP contribution in [-0.2, 0) is 0 Å². The summed E-state index contributed by atoms with van der Waals surface area (Å²) >= 11 is 14.1. The van der Waals surface area contributed by atoms with Crippen LogP contribution < -0.4 is 0 Å². The highest BCUT2D eigenvalue weighted by Crippen LogP contribution is 2.27. The molecule has 2 rings (SSSR count). The van der Waals surface area contributed by atoms with E-state index in [1.165, 1.54) is 0 Å². The minimum atomic E-state index is 0.153. The van der Waals surface area contributed by atoms with E-state index in [0.29, 0.717) is 19.7 Å². The van der Waals surface area contributed by atoms with Crippen molar-refractivity contribution in [2.75, 3.05) is 33.7 Å². The van der Waals surface area contributed by atoms with Gasteiger partial charge in [-0.05, 0) is 36.7 Å². The van der Waals surface area contributed by atoms with Gasteiger partial charge in [0.05, 0.1) is 9.61 Å². The fraction of sp³-hybridized carbons (Fsp3) is 0.600.